The Morgan fingerprint density at radius 2 is 1.73 bits per heavy atom. The minimum Gasteiger partial charge on any atom is -0.344 e. The van der Waals surface area contributed by atoms with Crippen molar-refractivity contribution in [3.8, 4) is 0 Å². The van der Waals surface area contributed by atoms with Crippen LogP contribution in [0, 0.1) is 6.92 Å². The largest absolute Gasteiger partial charge is 0.344 e. The fourth-order valence-corrected chi connectivity index (χ4v) is 4.58. The Bertz CT molecular complexity index is 1260. The minimum absolute atomic E-state index is 0.136. The summed E-state index contributed by atoms with van der Waals surface area (Å²) >= 11 is 1.46. The fourth-order valence-electron chi connectivity index (χ4n) is 3.30. The molecule has 2 aromatic carbocycles. The summed E-state index contributed by atoms with van der Waals surface area (Å²) in [5, 5.41) is 7.61. The molecular weight excluding hydrogens is 456 g/mol. The number of sulfone groups is 1. The average Bonchev–Trinajstić information content (AvgIpc) is 3.30. The lowest BCUT2D eigenvalue weighted by molar-refractivity contribution is -0.118. The molecule has 0 aliphatic rings. The lowest BCUT2D eigenvalue weighted by Crippen LogP contribution is -2.37. The average molecular weight is 483 g/mol. The second-order valence-electron chi connectivity index (χ2n) is 7.62. The molecule has 0 bridgehead atoms. The molecule has 0 aliphatic heterocycles. The standard InChI is InChI=1S/C25H26N2O4S2/c1-4-22(18-11-13-20(14-12-18)33(3,30)31)26-25(29)23(16-19-9-7-15-32-19)27-24(28)21-10-6-5-8-17(21)2/h5-16,22H,4H2,1-3H3,(H,26,29)(H,27,28)/b23-16-/t22-/m1/s1. The van der Waals surface area contributed by atoms with Crippen molar-refractivity contribution in [2.24, 2.45) is 0 Å². The molecule has 0 spiro atoms. The van der Waals surface area contributed by atoms with Gasteiger partial charge in [0, 0.05) is 16.7 Å². The van der Waals surface area contributed by atoms with Gasteiger partial charge in [-0.2, -0.15) is 0 Å². The first-order chi connectivity index (χ1) is 15.7. The maximum atomic E-state index is 13.2. The molecule has 3 aromatic rings. The zero-order valence-corrected chi connectivity index (χ0v) is 20.3. The summed E-state index contributed by atoms with van der Waals surface area (Å²) in [5.41, 5.74) is 2.21. The lowest BCUT2D eigenvalue weighted by atomic mass is 10.0. The number of carbonyl (C=O) groups excluding carboxylic acids is 2. The quantitative estimate of drug-likeness (QED) is 0.463. The first kappa shape index (κ1) is 24.4. The zero-order valence-electron chi connectivity index (χ0n) is 18.7. The maximum absolute atomic E-state index is 13.2. The molecule has 0 unspecified atom stereocenters. The molecule has 172 valence electrons. The van der Waals surface area contributed by atoms with E-state index in [0.717, 1.165) is 22.3 Å². The highest BCUT2D eigenvalue weighted by atomic mass is 32.2. The van der Waals surface area contributed by atoms with Gasteiger partial charge in [-0.1, -0.05) is 43.3 Å². The van der Waals surface area contributed by atoms with Crippen molar-refractivity contribution in [1.29, 1.82) is 0 Å². The third-order valence-electron chi connectivity index (χ3n) is 5.14. The molecule has 0 saturated carbocycles. The normalized spacial score (nSPS) is 12.8. The van der Waals surface area contributed by atoms with Crippen molar-refractivity contribution in [2.75, 3.05) is 6.26 Å². The van der Waals surface area contributed by atoms with Crippen LogP contribution in [0.25, 0.3) is 6.08 Å². The Labute approximate surface area is 198 Å². The molecule has 8 heteroatoms. The molecule has 1 aromatic heterocycles. The van der Waals surface area contributed by atoms with Crippen molar-refractivity contribution >= 4 is 39.1 Å². The molecule has 2 N–H and O–H groups in total. The van der Waals surface area contributed by atoms with E-state index in [2.05, 4.69) is 10.6 Å². The van der Waals surface area contributed by atoms with Crippen LogP contribution in [-0.4, -0.2) is 26.5 Å². The number of thiophene rings is 1. The molecule has 0 radical (unpaired) electrons. The SMILES string of the molecule is CC[C@@H](NC(=O)/C(=C/c1cccs1)NC(=O)c1ccccc1C)c1ccc(S(C)(=O)=O)cc1. The summed E-state index contributed by atoms with van der Waals surface area (Å²) < 4.78 is 23.5. The molecule has 6 nitrogen and oxygen atoms in total. The highest BCUT2D eigenvalue weighted by Crippen LogP contribution is 2.21. The third-order valence-corrected chi connectivity index (χ3v) is 7.08. The van der Waals surface area contributed by atoms with Crippen LogP contribution in [0.15, 0.2) is 76.6 Å². The van der Waals surface area contributed by atoms with E-state index in [1.54, 1.807) is 30.3 Å². The predicted octanol–water partition coefficient (Wildman–Crippen LogP) is 4.50. The summed E-state index contributed by atoms with van der Waals surface area (Å²) in [4.78, 5) is 27.1. The zero-order chi connectivity index (χ0) is 24.0. The van der Waals surface area contributed by atoms with Crippen molar-refractivity contribution in [1.82, 2.24) is 10.6 Å². The Balaban J connectivity index is 1.85. The second kappa shape index (κ2) is 10.6. The van der Waals surface area contributed by atoms with Gasteiger partial charge in [-0.15, -0.1) is 11.3 Å². The van der Waals surface area contributed by atoms with Gasteiger partial charge < -0.3 is 10.6 Å². The van der Waals surface area contributed by atoms with Crippen molar-refractivity contribution in [3.05, 3.63) is 93.3 Å². The summed E-state index contributed by atoms with van der Waals surface area (Å²) in [6.45, 7) is 3.76. The summed E-state index contributed by atoms with van der Waals surface area (Å²) in [6, 6.07) is 17.0. The maximum Gasteiger partial charge on any atom is 0.268 e. The fraction of sp³-hybridized carbons (Fsp3) is 0.200. The molecule has 1 heterocycles. The lowest BCUT2D eigenvalue weighted by Gasteiger charge is -2.19. The van der Waals surface area contributed by atoms with Crippen LogP contribution >= 0.6 is 11.3 Å². The van der Waals surface area contributed by atoms with Crippen LogP contribution in [0.2, 0.25) is 0 Å². The van der Waals surface area contributed by atoms with E-state index in [9.17, 15) is 18.0 Å². The van der Waals surface area contributed by atoms with Gasteiger partial charge in [0.05, 0.1) is 10.9 Å². The molecular formula is C25H26N2O4S2. The molecule has 0 saturated heterocycles. The second-order valence-corrected chi connectivity index (χ2v) is 10.6. The van der Waals surface area contributed by atoms with Crippen molar-refractivity contribution in [3.63, 3.8) is 0 Å². The molecule has 33 heavy (non-hydrogen) atoms. The van der Waals surface area contributed by atoms with Gasteiger partial charge in [0.25, 0.3) is 11.8 Å². The van der Waals surface area contributed by atoms with E-state index < -0.39 is 15.7 Å². The van der Waals surface area contributed by atoms with Gasteiger partial charge in [-0.05, 0) is 60.2 Å². The highest BCUT2D eigenvalue weighted by molar-refractivity contribution is 7.90. The van der Waals surface area contributed by atoms with Crippen LogP contribution in [-0.2, 0) is 14.6 Å². The Morgan fingerprint density at radius 3 is 2.30 bits per heavy atom. The van der Waals surface area contributed by atoms with Crippen molar-refractivity contribution in [2.45, 2.75) is 31.2 Å². The first-order valence-corrected chi connectivity index (χ1v) is 13.2. The van der Waals surface area contributed by atoms with E-state index in [4.69, 9.17) is 0 Å². The van der Waals surface area contributed by atoms with Gasteiger partial charge in [-0.25, -0.2) is 8.42 Å². The highest BCUT2D eigenvalue weighted by Gasteiger charge is 2.20. The number of carbonyl (C=O) groups is 2. The van der Waals surface area contributed by atoms with Crippen LogP contribution in [0.1, 0.15) is 45.7 Å². The van der Waals surface area contributed by atoms with Gasteiger partial charge >= 0.3 is 0 Å². The number of rotatable bonds is 8. The number of hydrogen-bond donors (Lipinski definition) is 2. The number of nitrogens with one attached hydrogen (secondary N) is 2. The molecule has 0 aliphatic carbocycles. The van der Waals surface area contributed by atoms with E-state index in [1.165, 1.54) is 23.5 Å². The number of amides is 2. The van der Waals surface area contributed by atoms with E-state index in [1.807, 2.05) is 43.5 Å². The van der Waals surface area contributed by atoms with Gasteiger partial charge in [0.15, 0.2) is 9.84 Å². The molecule has 2 amide bonds. The van der Waals surface area contributed by atoms with Gasteiger partial charge in [-0.3, -0.25) is 9.59 Å². The number of hydrogen-bond acceptors (Lipinski definition) is 5. The van der Waals surface area contributed by atoms with E-state index in [0.29, 0.717) is 12.0 Å². The number of benzene rings is 2. The minimum atomic E-state index is -3.30. The summed E-state index contributed by atoms with van der Waals surface area (Å²) in [6.07, 6.45) is 3.39. The molecule has 0 fully saturated rings. The Hall–Kier alpha value is -3.23. The van der Waals surface area contributed by atoms with Crippen LogP contribution < -0.4 is 10.6 Å². The summed E-state index contributed by atoms with van der Waals surface area (Å²) in [7, 11) is -3.30. The topological polar surface area (TPSA) is 92.3 Å². The predicted molar refractivity (Wildman–Crippen MR) is 132 cm³/mol. The van der Waals surface area contributed by atoms with E-state index >= 15 is 0 Å². The van der Waals surface area contributed by atoms with Crippen molar-refractivity contribution < 1.29 is 18.0 Å². The van der Waals surface area contributed by atoms with E-state index in [-0.39, 0.29) is 22.5 Å². The van der Waals surface area contributed by atoms with Crippen LogP contribution in [0.3, 0.4) is 0 Å². The van der Waals surface area contributed by atoms with Gasteiger partial charge in [0.2, 0.25) is 0 Å². The number of aryl methyl sites for hydroxylation is 1. The molecule has 1 atom stereocenters. The Kier molecular flexibility index (Phi) is 7.84. The van der Waals surface area contributed by atoms with Gasteiger partial charge in [0.1, 0.15) is 5.70 Å². The summed E-state index contributed by atoms with van der Waals surface area (Å²) in [5.74, 6) is -0.791. The Morgan fingerprint density at radius 1 is 1.03 bits per heavy atom. The first-order valence-electron chi connectivity index (χ1n) is 10.4. The monoisotopic (exact) mass is 482 g/mol. The smallest absolute Gasteiger partial charge is 0.268 e. The third kappa shape index (κ3) is 6.40. The van der Waals surface area contributed by atoms with Crippen LogP contribution in [0.5, 0.6) is 0 Å². The molecule has 3 rings (SSSR count). The van der Waals surface area contributed by atoms with Crippen LogP contribution in [0.4, 0.5) is 0 Å².